The lowest BCUT2D eigenvalue weighted by atomic mass is 10.1. The number of aliphatic imine (C=N–C) groups is 1. The monoisotopic (exact) mass is 327 g/mol. The van der Waals surface area contributed by atoms with Crippen LogP contribution in [0.2, 0.25) is 0 Å². The maximum absolute atomic E-state index is 5.57. The Kier molecular flexibility index (Phi) is 7.11. The van der Waals surface area contributed by atoms with E-state index < -0.39 is 0 Å². The Bertz CT molecular complexity index is 644. The second-order valence-electron chi connectivity index (χ2n) is 5.25. The van der Waals surface area contributed by atoms with Crippen LogP contribution in [0.5, 0.6) is 5.75 Å². The van der Waals surface area contributed by atoms with Gasteiger partial charge in [0.1, 0.15) is 5.75 Å². The van der Waals surface area contributed by atoms with E-state index in [1.165, 1.54) is 0 Å². The number of methoxy groups -OCH3 is 2. The number of guanidine groups is 1. The first-order chi connectivity index (χ1) is 11.8. The van der Waals surface area contributed by atoms with Gasteiger partial charge in [-0.15, -0.1) is 0 Å². The van der Waals surface area contributed by atoms with Crippen molar-refractivity contribution in [3.63, 3.8) is 0 Å². The van der Waals surface area contributed by atoms with Crippen molar-refractivity contribution in [3.8, 4) is 5.75 Å². The van der Waals surface area contributed by atoms with Gasteiger partial charge in [-0.2, -0.15) is 0 Å². The van der Waals surface area contributed by atoms with E-state index in [9.17, 15) is 0 Å². The van der Waals surface area contributed by atoms with Gasteiger partial charge in [0, 0.05) is 32.8 Å². The first kappa shape index (κ1) is 17.8. The van der Waals surface area contributed by atoms with Crippen molar-refractivity contribution in [2.24, 2.45) is 4.99 Å². The summed E-state index contributed by atoms with van der Waals surface area (Å²) in [6.45, 7) is 1.26. The van der Waals surface area contributed by atoms with Crippen molar-refractivity contribution in [2.75, 3.05) is 27.8 Å². The smallest absolute Gasteiger partial charge is 0.191 e. The van der Waals surface area contributed by atoms with Crippen LogP contribution in [0.15, 0.2) is 59.6 Å². The van der Waals surface area contributed by atoms with Crippen LogP contribution < -0.4 is 15.4 Å². The summed E-state index contributed by atoms with van der Waals surface area (Å²) in [6.07, 6.45) is -0.0315. The van der Waals surface area contributed by atoms with E-state index in [2.05, 4.69) is 27.8 Å². The van der Waals surface area contributed by atoms with Gasteiger partial charge in [-0.1, -0.05) is 48.5 Å². The van der Waals surface area contributed by atoms with Crippen molar-refractivity contribution in [2.45, 2.75) is 12.6 Å². The van der Waals surface area contributed by atoms with E-state index in [0.29, 0.717) is 13.1 Å². The van der Waals surface area contributed by atoms with Crippen LogP contribution in [0.3, 0.4) is 0 Å². The fourth-order valence-electron chi connectivity index (χ4n) is 2.44. The molecular weight excluding hydrogens is 302 g/mol. The summed E-state index contributed by atoms with van der Waals surface area (Å²) in [5.74, 6) is 1.58. The predicted octanol–water partition coefficient (Wildman–Crippen LogP) is 2.75. The number of nitrogens with one attached hydrogen (secondary N) is 2. The highest BCUT2D eigenvalue weighted by Gasteiger charge is 2.11. The number of hydrogen-bond acceptors (Lipinski definition) is 3. The molecule has 0 aliphatic carbocycles. The molecule has 2 N–H and O–H groups in total. The zero-order valence-electron chi connectivity index (χ0n) is 14.5. The van der Waals surface area contributed by atoms with E-state index in [0.717, 1.165) is 22.8 Å². The Labute approximate surface area is 143 Å². The highest BCUT2D eigenvalue weighted by molar-refractivity contribution is 5.79. The van der Waals surface area contributed by atoms with Gasteiger partial charge in [0.25, 0.3) is 0 Å². The van der Waals surface area contributed by atoms with Crippen molar-refractivity contribution >= 4 is 5.96 Å². The van der Waals surface area contributed by atoms with E-state index in [4.69, 9.17) is 9.47 Å². The Morgan fingerprint density at radius 2 is 1.71 bits per heavy atom. The molecule has 0 fully saturated rings. The minimum Gasteiger partial charge on any atom is -0.496 e. The minimum absolute atomic E-state index is 0.0315. The van der Waals surface area contributed by atoms with Crippen LogP contribution in [0.1, 0.15) is 17.2 Å². The molecule has 0 bridgehead atoms. The zero-order valence-corrected chi connectivity index (χ0v) is 14.5. The lowest BCUT2D eigenvalue weighted by Gasteiger charge is -2.19. The highest BCUT2D eigenvalue weighted by Crippen LogP contribution is 2.17. The average Bonchev–Trinajstić information content (AvgIpc) is 2.65. The molecule has 1 unspecified atom stereocenters. The first-order valence-corrected chi connectivity index (χ1v) is 7.92. The summed E-state index contributed by atoms with van der Waals surface area (Å²) >= 11 is 0. The van der Waals surface area contributed by atoms with Gasteiger partial charge in [-0.25, -0.2) is 0 Å². The van der Waals surface area contributed by atoms with E-state index in [-0.39, 0.29) is 6.10 Å². The average molecular weight is 327 g/mol. The molecule has 1 atom stereocenters. The van der Waals surface area contributed by atoms with Crippen LogP contribution in [-0.2, 0) is 11.3 Å². The van der Waals surface area contributed by atoms with Gasteiger partial charge in [0.2, 0.25) is 0 Å². The SMILES string of the molecule is CN=C(NCc1ccccc1OC)NCC(OC)c1ccccc1. The Morgan fingerprint density at radius 1 is 1.00 bits per heavy atom. The lowest BCUT2D eigenvalue weighted by molar-refractivity contribution is 0.106. The second-order valence-corrected chi connectivity index (χ2v) is 5.25. The molecule has 2 rings (SSSR count). The summed E-state index contributed by atoms with van der Waals surface area (Å²) in [6, 6.07) is 18.1. The molecule has 0 spiro atoms. The molecular formula is C19H25N3O2. The summed E-state index contributed by atoms with van der Waals surface area (Å²) in [5.41, 5.74) is 2.21. The van der Waals surface area contributed by atoms with E-state index >= 15 is 0 Å². The van der Waals surface area contributed by atoms with Gasteiger partial charge >= 0.3 is 0 Å². The third kappa shape index (κ3) is 4.99. The number of rotatable bonds is 7. The van der Waals surface area contributed by atoms with Gasteiger partial charge in [-0.3, -0.25) is 4.99 Å². The fraction of sp³-hybridized carbons (Fsp3) is 0.316. The van der Waals surface area contributed by atoms with Gasteiger partial charge in [0.05, 0.1) is 13.2 Å². The van der Waals surface area contributed by atoms with Crippen LogP contribution in [0, 0.1) is 0 Å². The lowest BCUT2D eigenvalue weighted by Crippen LogP contribution is -2.39. The molecule has 5 nitrogen and oxygen atoms in total. The van der Waals surface area contributed by atoms with Crippen LogP contribution >= 0.6 is 0 Å². The van der Waals surface area contributed by atoms with Crippen LogP contribution in [0.4, 0.5) is 0 Å². The topological polar surface area (TPSA) is 54.9 Å². The predicted molar refractivity (Wildman–Crippen MR) is 97.4 cm³/mol. The molecule has 0 aliphatic rings. The minimum atomic E-state index is -0.0315. The fourth-order valence-corrected chi connectivity index (χ4v) is 2.44. The third-order valence-corrected chi connectivity index (χ3v) is 3.77. The molecule has 0 amide bonds. The molecule has 24 heavy (non-hydrogen) atoms. The van der Waals surface area contributed by atoms with Crippen molar-refractivity contribution in [3.05, 3.63) is 65.7 Å². The largest absolute Gasteiger partial charge is 0.496 e. The summed E-state index contributed by atoms with van der Waals surface area (Å²) in [7, 11) is 5.14. The van der Waals surface area contributed by atoms with E-state index in [1.54, 1.807) is 21.3 Å². The maximum Gasteiger partial charge on any atom is 0.191 e. The zero-order chi connectivity index (χ0) is 17.2. The molecule has 0 radical (unpaired) electrons. The Balaban J connectivity index is 1.90. The summed E-state index contributed by atoms with van der Waals surface area (Å²) < 4.78 is 10.9. The number of ether oxygens (including phenoxy) is 2. The second kappa shape index (κ2) is 9.57. The van der Waals surface area contributed by atoms with Gasteiger partial charge < -0.3 is 20.1 Å². The number of para-hydroxylation sites is 1. The summed E-state index contributed by atoms with van der Waals surface area (Å²) in [5, 5.41) is 6.59. The molecule has 128 valence electrons. The molecule has 2 aromatic carbocycles. The highest BCUT2D eigenvalue weighted by atomic mass is 16.5. The molecule has 0 aromatic heterocycles. The van der Waals surface area contributed by atoms with Crippen molar-refractivity contribution in [1.29, 1.82) is 0 Å². The first-order valence-electron chi connectivity index (χ1n) is 7.92. The number of hydrogen-bond donors (Lipinski definition) is 2. The Hall–Kier alpha value is -2.53. The van der Waals surface area contributed by atoms with E-state index in [1.807, 2.05) is 42.5 Å². The maximum atomic E-state index is 5.57. The normalized spacial score (nSPS) is 12.5. The Morgan fingerprint density at radius 3 is 2.38 bits per heavy atom. The van der Waals surface area contributed by atoms with Crippen molar-refractivity contribution in [1.82, 2.24) is 10.6 Å². The molecule has 5 heteroatoms. The number of nitrogens with zero attached hydrogens (tertiary/aromatic N) is 1. The van der Waals surface area contributed by atoms with Gasteiger partial charge in [-0.05, 0) is 11.6 Å². The molecule has 2 aromatic rings. The number of benzene rings is 2. The molecule has 0 saturated carbocycles. The quantitative estimate of drug-likeness (QED) is 0.606. The van der Waals surface area contributed by atoms with Crippen molar-refractivity contribution < 1.29 is 9.47 Å². The van der Waals surface area contributed by atoms with Gasteiger partial charge in [0.15, 0.2) is 5.96 Å². The molecule has 0 heterocycles. The van der Waals surface area contributed by atoms with Crippen LogP contribution in [-0.4, -0.2) is 33.8 Å². The molecule has 0 saturated heterocycles. The van der Waals surface area contributed by atoms with Crippen LogP contribution in [0.25, 0.3) is 0 Å². The standard InChI is InChI=1S/C19H25N3O2/c1-20-19(21-13-16-11-7-8-12-17(16)23-2)22-14-18(24-3)15-9-5-4-6-10-15/h4-12,18H,13-14H2,1-3H3,(H2,20,21,22). The third-order valence-electron chi connectivity index (χ3n) is 3.77. The summed E-state index contributed by atoms with van der Waals surface area (Å²) in [4.78, 5) is 4.26. The molecule has 0 aliphatic heterocycles.